The highest BCUT2D eigenvalue weighted by Gasteiger charge is 2.26. The smallest absolute Gasteiger partial charge is 0.237 e. The summed E-state index contributed by atoms with van der Waals surface area (Å²) in [5.41, 5.74) is 0.0727. The van der Waals surface area contributed by atoms with Gasteiger partial charge in [0, 0.05) is 11.6 Å². The molecule has 0 bridgehead atoms. The molecule has 1 aliphatic carbocycles. The highest BCUT2D eigenvalue weighted by atomic mass is 16.2. The van der Waals surface area contributed by atoms with E-state index in [0.29, 0.717) is 6.04 Å². The van der Waals surface area contributed by atoms with E-state index in [1.54, 1.807) is 0 Å². The Hall–Kier alpha value is -0.570. The molecule has 0 aromatic rings. The second kappa shape index (κ2) is 7.13. The molecule has 0 saturated heterocycles. The molecule has 106 valence electrons. The SMILES string of the molecule is CCC(C)(CC)NC(C)C(=O)NC1CCCCC1. The van der Waals surface area contributed by atoms with E-state index in [2.05, 4.69) is 31.4 Å². The second-order valence-corrected chi connectivity index (χ2v) is 5.98. The summed E-state index contributed by atoms with van der Waals surface area (Å²) in [7, 11) is 0. The van der Waals surface area contributed by atoms with Crippen molar-refractivity contribution in [2.45, 2.75) is 90.3 Å². The molecule has 3 nitrogen and oxygen atoms in total. The van der Waals surface area contributed by atoms with Gasteiger partial charge in [-0.15, -0.1) is 0 Å². The summed E-state index contributed by atoms with van der Waals surface area (Å²) in [5, 5.41) is 6.66. The standard InChI is InChI=1S/C15H30N2O/c1-5-15(4,6-2)17-12(3)14(18)16-13-10-8-7-9-11-13/h12-13,17H,5-11H2,1-4H3,(H,16,18). The van der Waals surface area contributed by atoms with Crippen molar-refractivity contribution in [3.05, 3.63) is 0 Å². The van der Waals surface area contributed by atoms with E-state index in [1.165, 1.54) is 19.3 Å². The van der Waals surface area contributed by atoms with Crippen molar-refractivity contribution in [3.63, 3.8) is 0 Å². The van der Waals surface area contributed by atoms with Gasteiger partial charge in [-0.05, 0) is 39.5 Å². The molecule has 1 rings (SSSR count). The Labute approximate surface area is 112 Å². The van der Waals surface area contributed by atoms with Crippen LogP contribution < -0.4 is 10.6 Å². The van der Waals surface area contributed by atoms with Crippen molar-refractivity contribution >= 4 is 5.91 Å². The van der Waals surface area contributed by atoms with Gasteiger partial charge < -0.3 is 10.6 Å². The Kier molecular flexibility index (Phi) is 6.13. The van der Waals surface area contributed by atoms with Crippen LogP contribution in [0.4, 0.5) is 0 Å². The molecule has 0 aromatic carbocycles. The monoisotopic (exact) mass is 254 g/mol. The minimum absolute atomic E-state index is 0.0727. The van der Waals surface area contributed by atoms with Crippen LogP contribution in [-0.2, 0) is 4.79 Å². The minimum atomic E-state index is -0.100. The highest BCUT2D eigenvalue weighted by molar-refractivity contribution is 5.81. The fourth-order valence-corrected chi connectivity index (χ4v) is 2.62. The third-order valence-electron chi connectivity index (χ3n) is 4.47. The summed E-state index contributed by atoms with van der Waals surface area (Å²) < 4.78 is 0. The number of carbonyl (C=O) groups is 1. The van der Waals surface area contributed by atoms with Crippen LogP contribution in [0, 0.1) is 0 Å². The maximum atomic E-state index is 12.1. The molecule has 0 aliphatic heterocycles. The van der Waals surface area contributed by atoms with Crippen LogP contribution in [-0.4, -0.2) is 23.5 Å². The molecule has 3 heteroatoms. The first kappa shape index (κ1) is 15.5. The largest absolute Gasteiger partial charge is 0.352 e. The van der Waals surface area contributed by atoms with Gasteiger partial charge in [0.05, 0.1) is 6.04 Å². The molecule has 1 atom stereocenters. The first-order valence-electron chi connectivity index (χ1n) is 7.59. The molecule has 0 spiro atoms. The lowest BCUT2D eigenvalue weighted by atomic mass is 9.93. The fourth-order valence-electron chi connectivity index (χ4n) is 2.62. The Morgan fingerprint density at radius 1 is 1.22 bits per heavy atom. The van der Waals surface area contributed by atoms with Crippen LogP contribution in [0.15, 0.2) is 0 Å². The lowest BCUT2D eigenvalue weighted by molar-refractivity contribution is -0.124. The van der Waals surface area contributed by atoms with E-state index in [4.69, 9.17) is 0 Å². The molecule has 2 N–H and O–H groups in total. The molecule has 0 heterocycles. The second-order valence-electron chi connectivity index (χ2n) is 5.98. The molecule has 1 fully saturated rings. The van der Waals surface area contributed by atoms with E-state index in [1.807, 2.05) is 6.92 Å². The van der Waals surface area contributed by atoms with E-state index < -0.39 is 0 Å². The summed E-state index contributed by atoms with van der Waals surface area (Å²) in [5.74, 6) is 0.162. The lowest BCUT2D eigenvalue weighted by Gasteiger charge is -2.32. The summed E-state index contributed by atoms with van der Waals surface area (Å²) in [6.45, 7) is 8.50. The Balaban J connectivity index is 2.40. The van der Waals surface area contributed by atoms with E-state index >= 15 is 0 Å². The lowest BCUT2D eigenvalue weighted by Crippen LogP contribution is -2.54. The van der Waals surface area contributed by atoms with E-state index in [-0.39, 0.29) is 17.5 Å². The normalized spacial score (nSPS) is 19.6. The van der Waals surface area contributed by atoms with Gasteiger partial charge in [0.25, 0.3) is 0 Å². The van der Waals surface area contributed by atoms with Crippen molar-refractivity contribution in [1.29, 1.82) is 0 Å². The van der Waals surface area contributed by atoms with Crippen molar-refractivity contribution in [2.75, 3.05) is 0 Å². The third kappa shape index (κ3) is 4.60. The predicted octanol–water partition coefficient (Wildman–Crippen LogP) is 2.99. The van der Waals surface area contributed by atoms with Gasteiger partial charge in [0.15, 0.2) is 0 Å². The van der Waals surface area contributed by atoms with E-state index in [0.717, 1.165) is 25.7 Å². The Morgan fingerprint density at radius 3 is 2.28 bits per heavy atom. The zero-order valence-electron chi connectivity index (χ0n) is 12.5. The summed E-state index contributed by atoms with van der Waals surface area (Å²) >= 11 is 0. The average molecular weight is 254 g/mol. The maximum absolute atomic E-state index is 12.1. The quantitative estimate of drug-likeness (QED) is 0.765. The Bertz CT molecular complexity index is 255. The van der Waals surface area contributed by atoms with Gasteiger partial charge in [-0.1, -0.05) is 33.1 Å². The van der Waals surface area contributed by atoms with Crippen LogP contribution in [0.2, 0.25) is 0 Å². The fraction of sp³-hybridized carbons (Fsp3) is 0.933. The van der Waals surface area contributed by atoms with Gasteiger partial charge in [-0.25, -0.2) is 0 Å². The molecule has 1 amide bonds. The molecule has 1 unspecified atom stereocenters. The van der Waals surface area contributed by atoms with Gasteiger partial charge in [-0.2, -0.15) is 0 Å². The number of carbonyl (C=O) groups excluding carboxylic acids is 1. The zero-order chi connectivity index (χ0) is 13.6. The molecule has 0 radical (unpaired) electrons. The van der Waals surface area contributed by atoms with Crippen molar-refractivity contribution in [1.82, 2.24) is 10.6 Å². The van der Waals surface area contributed by atoms with E-state index in [9.17, 15) is 4.79 Å². The van der Waals surface area contributed by atoms with Crippen LogP contribution in [0.1, 0.15) is 72.6 Å². The van der Waals surface area contributed by atoms with Crippen LogP contribution >= 0.6 is 0 Å². The average Bonchev–Trinajstić information content (AvgIpc) is 2.39. The van der Waals surface area contributed by atoms with Crippen LogP contribution in [0.5, 0.6) is 0 Å². The number of nitrogens with one attached hydrogen (secondary N) is 2. The Morgan fingerprint density at radius 2 is 1.78 bits per heavy atom. The number of rotatable bonds is 6. The van der Waals surface area contributed by atoms with Crippen LogP contribution in [0.3, 0.4) is 0 Å². The van der Waals surface area contributed by atoms with Crippen molar-refractivity contribution in [3.8, 4) is 0 Å². The van der Waals surface area contributed by atoms with Crippen LogP contribution in [0.25, 0.3) is 0 Å². The third-order valence-corrected chi connectivity index (χ3v) is 4.47. The minimum Gasteiger partial charge on any atom is -0.352 e. The molecular formula is C15H30N2O. The molecule has 1 saturated carbocycles. The molecular weight excluding hydrogens is 224 g/mol. The topological polar surface area (TPSA) is 41.1 Å². The van der Waals surface area contributed by atoms with Gasteiger partial charge in [0.2, 0.25) is 5.91 Å². The number of hydrogen-bond donors (Lipinski definition) is 2. The zero-order valence-corrected chi connectivity index (χ0v) is 12.5. The first-order valence-corrected chi connectivity index (χ1v) is 7.59. The predicted molar refractivity (Wildman–Crippen MR) is 76.6 cm³/mol. The van der Waals surface area contributed by atoms with Crippen molar-refractivity contribution < 1.29 is 4.79 Å². The number of hydrogen-bond acceptors (Lipinski definition) is 2. The van der Waals surface area contributed by atoms with Gasteiger partial charge >= 0.3 is 0 Å². The summed E-state index contributed by atoms with van der Waals surface area (Å²) in [6, 6.07) is 0.307. The molecule has 0 aromatic heterocycles. The first-order chi connectivity index (χ1) is 8.50. The highest BCUT2D eigenvalue weighted by Crippen LogP contribution is 2.18. The molecule has 18 heavy (non-hydrogen) atoms. The number of amides is 1. The summed E-state index contributed by atoms with van der Waals surface area (Å²) in [4.78, 5) is 12.1. The molecule has 1 aliphatic rings. The van der Waals surface area contributed by atoms with Crippen molar-refractivity contribution in [2.24, 2.45) is 0 Å². The maximum Gasteiger partial charge on any atom is 0.237 e. The van der Waals surface area contributed by atoms with Gasteiger partial charge in [-0.3, -0.25) is 4.79 Å². The summed E-state index contributed by atoms with van der Waals surface area (Å²) in [6.07, 6.45) is 8.23. The van der Waals surface area contributed by atoms with Gasteiger partial charge in [0.1, 0.15) is 0 Å².